The number of para-hydroxylation sites is 2. The van der Waals surface area contributed by atoms with Crippen molar-refractivity contribution in [2.24, 2.45) is 4.99 Å². The minimum atomic E-state index is 1.06. The average molecular weight is 142 g/mol. The molecule has 52 valence electrons. The highest BCUT2D eigenvalue weighted by Gasteiger charge is 2.25. The topological polar surface area (TPSA) is 15.4 Å². The predicted molar refractivity (Wildman–Crippen MR) is 45.2 cm³/mol. The number of nitrogens with zero attached hydrogens (tertiary/aromatic N) is 2. The van der Waals surface area contributed by atoms with Crippen LogP contribution in [-0.2, 0) is 0 Å². The number of hydrogen-bond acceptors (Lipinski definition) is 2. The fraction of sp³-hybridized carbons (Fsp3) is 0. The third kappa shape index (κ3) is 0.584. The van der Waals surface area contributed by atoms with E-state index in [2.05, 4.69) is 22.2 Å². The van der Waals surface area contributed by atoms with E-state index in [-0.39, 0.29) is 0 Å². The van der Waals surface area contributed by atoms with E-state index in [1.165, 1.54) is 11.4 Å². The molecule has 1 aromatic rings. The van der Waals surface area contributed by atoms with Crippen LogP contribution in [0.2, 0.25) is 0 Å². The van der Waals surface area contributed by atoms with Gasteiger partial charge in [-0.3, -0.25) is 4.99 Å². The Kier molecular flexibility index (Phi) is 0.714. The van der Waals surface area contributed by atoms with Crippen LogP contribution in [0, 0.1) is 0 Å². The van der Waals surface area contributed by atoms with Gasteiger partial charge < -0.3 is 4.90 Å². The molecule has 0 bridgehead atoms. The molecule has 0 saturated heterocycles. The smallest absolute Gasteiger partial charge is 0.0870 e. The molecular weight excluding hydrogens is 136 g/mol. The molecular formula is C9H6N2. The average Bonchev–Trinajstić information content (AvgIpc) is 2.83. The van der Waals surface area contributed by atoms with Gasteiger partial charge in [0.2, 0.25) is 0 Å². The summed E-state index contributed by atoms with van der Waals surface area (Å²) >= 11 is 0. The van der Waals surface area contributed by atoms with Crippen LogP contribution in [0.5, 0.6) is 0 Å². The molecule has 1 aromatic carbocycles. The summed E-state index contributed by atoms with van der Waals surface area (Å²) in [5.74, 6) is 0. The van der Waals surface area contributed by atoms with Gasteiger partial charge in [0.25, 0.3) is 0 Å². The summed E-state index contributed by atoms with van der Waals surface area (Å²) in [5, 5.41) is 0. The Labute approximate surface area is 64.5 Å². The van der Waals surface area contributed by atoms with E-state index in [0.29, 0.717) is 0 Å². The Morgan fingerprint density at radius 2 is 2.09 bits per heavy atom. The van der Waals surface area contributed by atoms with Gasteiger partial charge in [-0.2, -0.15) is 0 Å². The monoisotopic (exact) mass is 142 g/mol. The lowest BCUT2D eigenvalue weighted by molar-refractivity contribution is 1.37. The maximum Gasteiger partial charge on any atom is 0.0870 e. The maximum absolute atomic E-state index is 4.28. The molecule has 0 fully saturated rings. The van der Waals surface area contributed by atoms with Crippen LogP contribution in [0.25, 0.3) is 0 Å². The molecule has 2 aliphatic heterocycles. The lowest BCUT2D eigenvalue weighted by Crippen LogP contribution is -1.99. The van der Waals surface area contributed by atoms with Gasteiger partial charge in [0.05, 0.1) is 23.3 Å². The normalized spacial score (nSPS) is 17.1. The molecule has 3 rings (SSSR count). The van der Waals surface area contributed by atoms with Gasteiger partial charge in [-0.1, -0.05) is 12.1 Å². The summed E-state index contributed by atoms with van der Waals surface area (Å²) < 4.78 is 0. The molecule has 0 unspecified atom stereocenters. The molecule has 2 heteroatoms. The zero-order valence-corrected chi connectivity index (χ0v) is 5.86. The Hall–Kier alpha value is -1.57. The lowest BCUT2D eigenvalue weighted by Gasteiger charge is -2.10. The molecule has 2 nitrogen and oxygen atoms in total. The molecule has 2 aliphatic rings. The van der Waals surface area contributed by atoms with Gasteiger partial charge in [-0.15, -0.1) is 0 Å². The van der Waals surface area contributed by atoms with E-state index in [0.717, 1.165) is 5.69 Å². The number of anilines is 1. The molecule has 11 heavy (non-hydrogen) atoms. The highest BCUT2D eigenvalue weighted by Crippen LogP contribution is 2.40. The number of aliphatic imine (C=N–C) groups is 1. The largest absolute Gasteiger partial charge is 0.310 e. The maximum atomic E-state index is 4.28. The molecule has 0 aliphatic carbocycles. The molecule has 0 radical (unpaired) electrons. The number of fused-ring (bicyclic) bond motifs is 3. The molecule has 0 aromatic heterocycles. The zero-order chi connectivity index (χ0) is 7.26. The summed E-state index contributed by atoms with van der Waals surface area (Å²) in [4.78, 5) is 6.42. The second-order valence-electron chi connectivity index (χ2n) is 2.67. The van der Waals surface area contributed by atoms with Crippen LogP contribution in [0.4, 0.5) is 11.4 Å². The minimum absolute atomic E-state index is 1.06. The Morgan fingerprint density at radius 1 is 1.18 bits per heavy atom. The Balaban J connectivity index is 2.26. The second kappa shape index (κ2) is 1.53. The number of rotatable bonds is 0. The third-order valence-corrected chi connectivity index (χ3v) is 1.95. The van der Waals surface area contributed by atoms with Crippen molar-refractivity contribution in [3.05, 3.63) is 36.2 Å². The van der Waals surface area contributed by atoms with E-state index in [9.17, 15) is 0 Å². The molecule has 0 amide bonds. The van der Waals surface area contributed by atoms with Crippen LogP contribution in [0.15, 0.2) is 41.2 Å². The van der Waals surface area contributed by atoms with Crippen molar-refractivity contribution < 1.29 is 0 Å². The quantitative estimate of drug-likeness (QED) is 0.541. The summed E-state index contributed by atoms with van der Waals surface area (Å²) in [6.45, 7) is 0. The van der Waals surface area contributed by atoms with Crippen LogP contribution in [0.1, 0.15) is 0 Å². The minimum Gasteiger partial charge on any atom is -0.310 e. The highest BCUT2D eigenvalue weighted by molar-refractivity contribution is 6.00. The Bertz CT molecular complexity index is 377. The van der Waals surface area contributed by atoms with Gasteiger partial charge >= 0.3 is 0 Å². The SMILES string of the molecule is C1=Nc2ccccc2N2C=C12. The Morgan fingerprint density at radius 3 is 3.09 bits per heavy atom. The summed E-state index contributed by atoms with van der Waals surface area (Å²) in [7, 11) is 0. The third-order valence-electron chi connectivity index (χ3n) is 1.95. The van der Waals surface area contributed by atoms with Crippen molar-refractivity contribution in [3.8, 4) is 0 Å². The summed E-state index contributed by atoms with van der Waals surface area (Å²) in [6, 6.07) is 8.14. The first kappa shape index (κ1) is 5.13. The molecule has 0 spiro atoms. The second-order valence-corrected chi connectivity index (χ2v) is 2.67. The van der Waals surface area contributed by atoms with Crippen molar-refractivity contribution >= 4 is 17.6 Å². The lowest BCUT2D eigenvalue weighted by atomic mass is 10.2. The first-order valence-corrected chi connectivity index (χ1v) is 3.59. The van der Waals surface area contributed by atoms with Crippen LogP contribution in [0.3, 0.4) is 0 Å². The van der Waals surface area contributed by atoms with Gasteiger partial charge in [0.15, 0.2) is 0 Å². The van der Waals surface area contributed by atoms with Gasteiger partial charge in [-0.05, 0) is 12.1 Å². The zero-order valence-electron chi connectivity index (χ0n) is 5.86. The molecule has 0 N–H and O–H groups in total. The molecule has 0 saturated carbocycles. The van der Waals surface area contributed by atoms with Crippen molar-refractivity contribution in [1.82, 2.24) is 0 Å². The van der Waals surface area contributed by atoms with Crippen molar-refractivity contribution in [1.29, 1.82) is 0 Å². The van der Waals surface area contributed by atoms with E-state index >= 15 is 0 Å². The predicted octanol–water partition coefficient (Wildman–Crippen LogP) is 2.06. The van der Waals surface area contributed by atoms with E-state index in [1.807, 2.05) is 24.4 Å². The fourth-order valence-electron chi connectivity index (χ4n) is 1.32. The van der Waals surface area contributed by atoms with Gasteiger partial charge in [0.1, 0.15) is 0 Å². The molecule has 2 heterocycles. The van der Waals surface area contributed by atoms with E-state index in [1.54, 1.807) is 0 Å². The van der Waals surface area contributed by atoms with Gasteiger partial charge in [0, 0.05) is 6.20 Å². The number of hydrogen-bond donors (Lipinski definition) is 0. The van der Waals surface area contributed by atoms with Crippen molar-refractivity contribution in [2.45, 2.75) is 0 Å². The van der Waals surface area contributed by atoms with Crippen molar-refractivity contribution in [2.75, 3.05) is 4.90 Å². The highest BCUT2D eigenvalue weighted by atomic mass is 15.3. The number of benzene rings is 1. The van der Waals surface area contributed by atoms with Crippen LogP contribution in [-0.4, -0.2) is 6.21 Å². The fourth-order valence-corrected chi connectivity index (χ4v) is 1.32. The van der Waals surface area contributed by atoms with E-state index < -0.39 is 0 Å². The van der Waals surface area contributed by atoms with Crippen LogP contribution < -0.4 is 4.90 Å². The standard InChI is InChI=1S/C9H6N2/c1-2-4-9-8(3-1)10-5-7-6-11(7)9/h1-6H. The van der Waals surface area contributed by atoms with Crippen molar-refractivity contribution in [3.63, 3.8) is 0 Å². The van der Waals surface area contributed by atoms with Gasteiger partial charge in [-0.25, -0.2) is 0 Å². The number of allylic oxidation sites excluding steroid dienone is 1. The molecule has 0 atom stereocenters. The summed E-state index contributed by atoms with van der Waals surface area (Å²) in [5.41, 5.74) is 3.47. The first-order chi connectivity index (χ1) is 5.45. The van der Waals surface area contributed by atoms with Crippen LogP contribution >= 0.6 is 0 Å². The van der Waals surface area contributed by atoms with E-state index in [4.69, 9.17) is 0 Å². The first-order valence-electron chi connectivity index (χ1n) is 3.59. The summed E-state index contributed by atoms with van der Waals surface area (Å²) in [6.07, 6.45) is 3.97.